The fourth-order valence-corrected chi connectivity index (χ4v) is 7.86. The molecule has 464 valence electrons. The van der Waals surface area contributed by atoms with Crippen LogP contribution in [0.3, 0.4) is 0 Å². The number of amides is 1. The van der Waals surface area contributed by atoms with Gasteiger partial charge in [-0.15, -0.1) is 0 Å². The number of isocyanates is 1. The number of unbranched alkanes of at least 4 members (excludes halogenated alkanes) is 17. The molecule has 1 amide bonds. The van der Waals surface area contributed by atoms with Crippen molar-refractivity contribution in [1.29, 1.82) is 0 Å². The third-order valence-corrected chi connectivity index (χ3v) is 13.2. The first-order chi connectivity index (χ1) is 36.4. The van der Waals surface area contributed by atoms with Crippen LogP contribution in [0.2, 0.25) is 13.1 Å². The lowest BCUT2D eigenvalue weighted by Crippen LogP contribution is -2.54. The molecule has 79 heavy (non-hydrogen) atoms. The molecule has 0 heterocycles. The smallest absolute Gasteiger partial charge is 0.407 e. The summed E-state index contributed by atoms with van der Waals surface area (Å²) in [6, 6.07) is 6.39. The van der Waals surface area contributed by atoms with Crippen LogP contribution in [-0.2, 0) is 53.4 Å². The second-order valence-electron chi connectivity index (χ2n) is 19.4. The van der Waals surface area contributed by atoms with Gasteiger partial charge in [0.05, 0.1) is 30.5 Å². The van der Waals surface area contributed by atoms with Gasteiger partial charge in [-0.3, -0.25) is 14.3 Å². The van der Waals surface area contributed by atoms with Crippen molar-refractivity contribution in [3.8, 4) is 0 Å². The molecule has 0 fully saturated rings. The third kappa shape index (κ3) is 40.3. The summed E-state index contributed by atoms with van der Waals surface area (Å²) >= 11 is 0. The highest BCUT2D eigenvalue weighted by atomic mass is 28.4. The summed E-state index contributed by atoms with van der Waals surface area (Å²) in [6.07, 6.45) is 11.0. The number of carbonyl (C=O) groups excluding carboxylic acids is 5. The lowest BCUT2D eigenvalue weighted by atomic mass is 9.88. The largest absolute Gasteiger partial charge is 0.481 e. The van der Waals surface area contributed by atoms with Gasteiger partial charge in [0, 0.05) is 6.61 Å². The quantitative estimate of drug-likeness (QED) is 0.0160. The molecule has 0 aliphatic rings. The van der Waals surface area contributed by atoms with Crippen LogP contribution in [0.5, 0.6) is 0 Å². The molecule has 1 rings (SSSR count). The van der Waals surface area contributed by atoms with E-state index in [2.05, 4.69) is 28.9 Å². The van der Waals surface area contributed by atoms with Crippen molar-refractivity contribution in [2.45, 2.75) is 237 Å². The molecule has 0 aromatic heterocycles. The molecular weight excluding hydrogens is 1100 g/mol. The first kappa shape index (κ1) is 83.3. The Labute approximate surface area is 459 Å². The highest BCUT2D eigenvalue weighted by molar-refractivity contribution is 6.64. The number of carboxylic acid groups (broad SMARTS) is 1. The monoisotopic (exact) mass is 1180 g/mol. The average Bonchev–Trinajstić information content (AvgIpc) is 3.38. The van der Waals surface area contributed by atoms with Crippen molar-refractivity contribution < 1.29 is 105 Å². The van der Waals surface area contributed by atoms with Gasteiger partial charge in [-0.05, 0) is 64.8 Å². The van der Waals surface area contributed by atoms with Crippen LogP contribution in [0, 0.1) is 0 Å². The van der Waals surface area contributed by atoms with E-state index in [9.17, 15) is 67.5 Å². The molecule has 13 nitrogen and oxygen atoms in total. The van der Waals surface area contributed by atoms with E-state index in [4.69, 9.17) is 28.3 Å². The molecular formula is C53H88F12N2O11Si. The molecule has 0 aliphatic carbocycles. The summed E-state index contributed by atoms with van der Waals surface area (Å²) in [6.45, 7) is 15.4. The molecule has 1 aromatic carbocycles. The second-order valence-corrected chi connectivity index (χ2v) is 22.8. The predicted octanol–water partition coefficient (Wildman–Crippen LogP) is 15.3. The minimum absolute atomic E-state index is 0. The van der Waals surface area contributed by atoms with Crippen molar-refractivity contribution in [1.82, 2.24) is 5.32 Å². The highest BCUT2D eigenvalue weighted by Crippen LogP contribution is 2.42. The Kier molecular flexibility index (Phi) is 48.6. The van der Waals surface area contributed by atoms with Crippen molar-refractivity contribution in [3.63, 3.8) is 0 Å². The number of hydrogen-bond donors (Lipinski definition) is 2. The van der Waals surface area contributed by atoms with Crippen LogP contribution in [0.25, 0.3) is 0 Å². The van der Waals surface area contributed by atoms with E-state index in [-0.39, 0.29) is 17.5 Å². The van der Waals surface area contributed by atoms with E-state index >= 15 is 0 Å². The number of nitrogens with zero attached hydrogens (tertiary/aromatic N) is 1. The molecule has 0 spiro atoms. The first-order valence-electron chi connectivity index (χ1n) is 26.1. The molecule has 0 saturated carbocycles. The number of carboxylic acids is 1. The number of halogens is 12. The minimum atomic E-state index is -5.94. The number of nitrogens with one attached hydrogen (secondary N) is 1. The molecule has 2 N–H and O–H groups in total. The molecule has 0 radical (unpaired) electrons. The number of carbonyl (C=O) groups is 5. The summed E-state index contributed by atoms with van der Waals surface area (Å²) in [5, 5.41) is 10.5. The van der Waals surface area contributed by atoms with Gasteiger partial charge in [-0.1, -0.05) is 147 Å². The average molecular weight is 1190 g/mol. The summed E-state index contributed by atoms with van der Waals surface area (Å²) in [4.78, 5) is 63.0. The highest BCUT2D eigenvalue weighted by Gasteiger charge is 2.67. The van der Waals surface area contributed by atoms with Gasteiger partial charge in [-0.2, -0.15) is 31.3 Å². The van der Waals surface area contributed by atoms with Gasteiger partial charge < -0.3 is 38.3 Å². The first-order valence-corrected chi connectivity index (χ1v) is 28.9. The summed E-state index contributed by atoms with van der Waals surface area (Å²) < 4.78 is 160. The fourth-order valence-electron chi connectivity index (χ4n) is 6.60. The van der Waals surface area contributed by atoms with Crippen molar-refractivity contribution >= 4 is 46.3 Å². The Bertz CT molecular complexity index is 1780. The predicted molar refractivity (Wildman–Crippen MR) is 280 cm³/mol. The summed E-state index contributed by atoms with van der Waals surface area (Å²) in [5.41, 5.74) is -1.16. The van der Waals surface area contributed by atoms with E-state index in [0.717, 1.165) is 38.5 Å². The summed E-state index contributed by atoms with van der Waals surface area (Å²) in [7, 11) is -2.78. The zero-order chi connectivity index (χ0) is 61.1. The minimum Gasteiger partial charge on any atom is -0.481 e. The maximum Gasteiger partial charge on any atom is 0.407 e. The third-order valence-electron chi connectivity index (χ3n) is 11.4. The van der Waals surface area contributed by atoms with E-state index in [0.29, 0.717) is 24.3 Å². The number of alkyl carbamates (subject to hydrolysis) is 1. The Morgan fingerprint density at radius 1 is 0.646 bits per heavy atom. The number of benzene rings is 1. The molecule has 26 heteroatoms. The van der Waals surface area contributed by atoms with Gasteiger partial charge in [0.2, 0.25) is 12.3 Å². The summed E-state index contributed by atoms with van der Waals surface area (Å²) in [5.74, 6) is -17.2. The van der Waals surface area contributed by atoms with E-state index in [1.165, 1.54) is 103 Å². The lowest BCUT2D eigenvalue weighted by Gasteiger charge is -2.30. The van der Waals surface area contributed by atoms with E-state index < -0.39 is 87.7 Å². The van der Waals surface area contributed by atoms with E-state index in [1.807, 2.05) is 13.6 Å². The molecule has 0 bridgehead atoms. The van der Waals surface area contributed by atoms with Crippen LogP contribution in [0.4, 0.5) is 57.8 Å². The lowest BCUT2D eigenvalue weighted by molar-refractivity contribution is -0.287. The Hall–Kier alpha value is -4.55. The fraction of sp³-hybridized carbons (Fsp3) is 0.774. The van der Waals surface area contributed by atoms with Crippen LogP contribution < -0.4 is 5.32 Å². The zero-order valence-electron chi connectivity index (χ0n) is 47.2. The Morgan fingerprint density at radius 2 is 1.08 bits per heavy atom. The molecule has 1 atom stereocenters. The zero-order valence-corrected chi connectivity index (χ0v) is 48.2. The van der Waals surface area contributed by atoms with Crippen LogP contribution in [0.1, 0.15) is 188 Å². The van der Waals surface area contributed by atoms with Gasteiger partial charge >= 0.3 is 57.2 Å². The Balaban J connectivity index is -0.000000357. The molecule has 0 aliphatic heterocycles. The number of esters is 1. The normalized spacial score (nSPS) is 12.1. The second kappa shape index (κ2) is 46.1. The number of aliphatic imine (C=N–C) groups is 1. The molecule has 0 saturated heterocycles. The number of rotatable bonds is 38. The van der Waals surface area contributed by atoms with Gasteiger partial charge in [0.25, 0.3) is 0 Å². The number of alkyl halides is 11. The number of ether oxygens (including phenoxy) is 2. The van der Waals surface area contributed by atoms with Crippen LogP contribution in [0.15, 0.2) is 29.3 Å². The van der Waals surface area contributed by atoms with Gasteiger partial charge in [0.15, 0.2) is 0 Å². The number of hydrogen-bond acceptors (Lipinski definition) is 11. The Morgan fingerprint density at radius 3 is 1.51 bits per heavy atom. The maximum absolute atomic E-state index is 13.5. The molecule has 1 unspecified atom stereocenters. The topological polar surface area (TPSA) is 184 Å². The van der Waals surface area contributed by atoms with Crippen molar-refractivity contribution in [3.05, 3.63) is 35.4 Å². The SMILES string of the molecule is C=O.C=O.CC(C)(N=C=O)c1cccc(C(C)(C)NC(=O)OCC(F)C(F)(F)C(F)(F)C(F)F)c1.CCCCCCCCCCCCCCCCCCO[Si](C)(C)OCC(F)(F)C(F)F.CCCCCOC(=O)CCC(=O)O.F. The maximum atomic E-state index is 13.5. The van der Waals surface area contributed by atoms with Crippen LogP contribution in [-0.4, -0.2) is 115 Å². The van der Waals surface area contributed by atoms with Crippen LogP contribution >= 0.6 is 0 Å². The van der Waals surface area contributed by atoms with Gasteiger partial charge in [0.1, 0.15) is 26.8 Å². The van der Waals surface area contributed by atoms with Gasteiger partial charge in [-0.25, -0.2) is 31.5 Å². The van der Waals surface area contributed by atoms with Crippen molar-refractivity contribution in [2.75, 3.05) is 26.4 Å². The molecule has 1 aromatic rings. The number of aliphatic carboxylic acids is 1. The van der Waals surface area contributed by atoms with E-state index in [1.54, 1.807) is 51.2 Å². The standard InChI is InChI=1S/C23H46F4O2Si.C19H21F7N2O3.C9H16O4.2CH2O.FH/c1-4-5-6-7-8-9-10-11-12-13-14-15-16-17-18-19-20-28-30(2,3)29-21-23(26,27)22(24)25;1-16(2,27-10-29)11-6-5-7-12(8-11)17(3,4)28-15(30)31-9-13(20)18(23,24)19(25,26)14(21)22;1-2-3-4-7-13-9(12)6-5-8(10)11;2*1-2;/h22H,4-21H2,1-3H3;5-8,13-14H,9H2,1-4H3,(H,28,30);2-7H2,1H3,(H,10,11);2*1H2;1H. The van der Waals surface area contributed by atoms with Crippen molar-refractivity contribution in [2.24, 2.45) is 4.99 Å².